The number of allylic oxidation sites excluding steroid dienone is 10. The van der Waals surface area contributed by atoms with E-state index in [-0.39, 0.29) is 38.6 Å². The number of carbonyl (C=O) groups excluding carboxylic acids is 2. The Hall–Kier alpha value is -2.29. The summed E-state index contributed by atoms with van der Waals surface area (Å²) in [6.45, 7) is 3.75. The van der Waals surface area contributed by atoms with Crippen LogP contribution in [0.25, 0.3) is 0 Å². The Morgan fingerprint density at radius 2 is 0.712 bits per heavy atom. The average Bonchev–Trinajstić information content (AvgIpc) is 3.38. The quantitative estimate of drug-likeness (QED) is 0.0264. The first-order chi connectivity index (χ1) is 35.8. The molecule has 2 unspecified atom stereocenters. The van der Waals surface area contributed by atoms with Crippen molar-refractivity contribution in [1.29, 1.82) is 0 Å². The largest absolute Gasteiger partial charge is 0.472 e. The van der Waals surface area contributed by atoms with Gasteiger partial charge in [0.2, 0.25) is 0 Å². The first-order valence-electron chi connectivity index (χ1n) is 30.8. The Balaban J connectivity index is 3.94. The fourth-order valence-electron chi connectivity index (χ4n) is 8.79. The van der Waals surface area contributed by atoms with Gasteiger partial charge in [-0.05, 0) is 83.5 Å². The van der Waals surface area contributed by atoms with Crippen molar-refractivity contribution in [3.05, 3.63) is 60.8 Å². The molecule has 0 aromatic carbocycles. The zero-order valence-electron chi connectivity index (χ0n) is 47.6. The number of hydrogen-bond donors (Lipinski definition) is 2. The number of esters is 2. The van der Waals surface area contributed by atoms with Gasteiger partial charge in [-0.1, -0.05) is 261 Å². The van der Waals surface area contributed by atoms with Crippen molar-refractivity contribution < 1.29 is 37.6 Å². The molecule has 3 N–H and O–H groups in total. The Bertz CT molecular complexity index is 1380. The maximum atomic E-state index is 12.7. The minimum atomic E-state index is -4.39. The average molecular weight is 1050 g/mol. The molecule has 0 aromatic heterocycles. The molecule has 0 aromatic rings. The minimum Gasteiger partial charge on any atom is -0.462 e. The van der Waals surface area contributed by atoms with E-state index in [1.165, 1.54) is 199 Å². The van der Waals surface area contributed by atoms with E-state index in [9.17, 15) is 19.0 Å². The highest BCUT2D eigenvalue weighted by molar-refractivity contribution is 7.47. The molecule has 0 aliphatic heterocycles. The van der Waals surface area contributed by atoms with Crippen LogP contribution in [0.15, 0.2) is 60.8 Å². The number of hydrogen-bond acceptors (Lipinski definition) is 8. The van der Waals surface area contributed by atoms with E-state index in [0.717, 1.165) is 64.2 Å². The fraction of sp³-hybridized carbons (Fsp3) is 0.810. The Morgan fingerprint density at radius 3 is 1.05 bits per heavy atom. The lowest BCUT2D eigenvalue weighted by Gasteiger charge is -2.19. The number of ether oxygens (including phenoxy) is 2. The molecular weight excluding hydrogens is 930 g/mol. The molecule has 0 fully saturated rings. The molecule has 0 rings (SSSR count). The Labute approximate surface area is 450 Å². The molecule has 0 saturated heterocycles. The maximum Gasteiger partial charge on any atom is 0.472 e. The van der Waals surface area contributed by atoms with Gasteiger partial charge in [0, 0.05) is 19.4 Å². The van der Waals surface area contributed by atoms with Gasteiger partial charge in [0.15, 0.2) is 6.10 Å². The summed E-state index contributed by atoms with van der Waals surface area (Å²) in [4.78, 5) is 35.2. The second-order valence-corrected chi connectivity index (χ2v) is 22.0. The smallest absolute Gasteiger partial charge is 0.462 e. The highest BCUT2D eigenvalue weighted by atomic mass is 31.2. The molecule has 0 aliphatic rings. The van der Waals surface area contributed by atoms with Crippen molar-refractivity contribution in [3.63, 3.8) is 0 Å². The monoisotopic (exact) mass is 1050 g/mol. The summed E-state index contributed by atoms with van der Waals surface area (Å²) >= 11 is 0. The molecule has 9 nitrogen and oxygen atoms in total. The molecule has 10 heteroatoms. The lowest BCUT2D eigenvalue weighted by atomic mass is 10.0. The third kappa shape index (κ3) is 58.8. The molecule has 2 atom stereocenters. The number of unbranched alkanes of at least 4 members (excludes halogenated alkanes) is 35. The molecule has 426 valence electrons. The van der Waals surface area contributed by atoms with Crippen LogP contribution in [0.1, 0.15) is 296 Å². The first-order valence-corrected chi connectivity index (χ1v) is 32.3. The van der Waals surface area contributed by atoms with E-state index in [1.54, 1.807) is 0 Å². The Kier molecular flexibility index (Phi) is 57.1. The second-order valence-electron chi connectivity index (χ2n) is 20.6. The van der Waals surface area contributed by atoms with Crippen LogP contribution in [-0.2, 0) is 32.7 Å². The van der Waals surface area contributed by atoms with Crippen LogP contribution in [0.5, 0.6) is 0 Å². The van der Waals surface area contributed by atoms with Crippen LogP contribution in [-0.4, -0.2) is 49.3 Å². The van der Waals surface area contributed by atoms with Gasteiger partial charge in [-0.3, -0.25) is 18.6 Å². The standard InChI is InChI=1S/C63H116NO8P/c1-3-5-7-9-11-13-15-17-19-21-23-25-27-29-30-32-33-35-37-39-41-43-45-47-49-51-53-55-62(65)69-59-61(60-71-73(67,68)70-58-57-64)72-63(66)56-54-52-50-48-46-44-42-40-38-36-34-31-28-26-24-22-20-18-16-14-12-10-8-6-4-2/h15-18,21-24,28,31,61H,3-14,19-20,25-27,29-30,32-60,64H2,1-2H3,(H,67,68)/b17-15-,18-16-,23-21-,24-22-,31-28-. The molecule has 0 saturated carbocycles. The summed E-state index contributed by atoms with van der Waals surface area (Å²) in [6, 6.07) is 0. The summed E-state index contributed by atoms with van der Waals surface area (Å²) in [5.41, 5.74) is 5.39. The van der Waals surface area contributed by atoms with Gasteiger partial charge in [0.05, 0.1) is 13.2 Å². The minimum absolute atomic E-state index is 0.0518. The molecule has 0 amide bonds. The number of phosphoric ester groups is 1. The molecule has 0 radical (unpaired) electrons. The predicted molar refractivity (Wildman–Crippen MR) is 312 cm³/mol. The van der Waals surface area contributed by atoms with Gasteiger partial charge >= 0.3 is 19.8 Å². The van der Waals surface area contributed by atoms with Gasteiger partial charge < -0.3 is 20.1 Å². The summed E-state index contributed by atoms with van der Waals surface area (Å²) in [5, 5.41) is 0. The second kappa shape index (κ2) is 59.0. The number of phosphoric acid groups is 1. The van der Waals surface area contributed by atoms with E-state index in [0.29, 0.717) is 6.42 Å². The van der Waals surface area contributed by atoms with Crippen molar-refractivity contribution in [3.8, 4) is 0 Å². The Morgan fingerprint density at radius 1 is 0.411 bits per heavy atom. The van der Waals surface area contributed by atoms with E-state index >= 15 is 0 Å². The molecule has 73 heavy (non-hydrogen) atoms. The summed E-state index contributed by atoms with van der Waals surface area (Å²) < 4.78 is 33.1. The van der Waals surface area contributed by atoms with Gasteiger partial charge in [-0.25, -0.2) is 4.57 Å². The van der Waals surface area contributed by atoms with E-state index in [4.69, 9.17) is 24.3 Å². The van der Waals surface area contributed by atoms with Crippen LogP contribution in [0.3, 0.4) is 0 Å². The van der Waals surface area contributed by atoms with Crippen LogP contribution in [0, 0.1) is 0 Å². The van der Waals surface area contributed by atoms with Gasteiger partial charge in [-0.2, -0.15) is 0 Å². The third-order valence-corrected chi connectivity index (χ3v) is 14.4. The summed E-state index contributed by atoms with van der Waals surface area (Å²) in [6.07, 6.45) is 74.2. The van der Waals surface area contributed by atoms with Crippen molar-refractivity contribution in [2.24, 2.45) is 5.73 Å². The molecule has 0 spiro atoms. The lowest BCUT2D eigenvalue weighted by molar-refractivity contribution is -0.161. The fourth-order valence-corrected chi connectivity index (χ4v) is 9.56. The van der Waals surface area contributed by atoms with E-state index < -0.39 is 26.5 Å². The molecular formula is C63H116NO8P. The summed E-state index contributed by atoms with van der Waals surface area (Å²) in [7, 11) is -4.39. The van der Waals surface area contributed by atoms with Crippen LogP contribution in [0.2, 0.25) is 0 Å². The van der Waals surface area contributed by atoms with Crippen molar-refractivity contribution in [2.45, 2.75) is 302 Å². The van der Waals surface area contributed by atoms with Crippen molar-refractivity contribution in [1.82, 2.24) is 0 Å². The van der Waals surface area contributed by atoms with Gasteiger partial charge in [0.1, 0.15) is 6.61 Å². The maximum absolute atomic E-state index is 12.7. The summed E-state index contributed by atoms with van der Waals surface area (Å²) in [5.74, 6) is -0.823. The van der Waals surface area contributed by atoms with E-state index in [1.807, 2.05) is 0 Å². The number of rotatable bonds is 58. The highest BCUT2D eigenvalue weighted by Gasteiger charge is 2.26. The van der Waals surface area contributed by atoms with Gasteiger partial charge in [0.25, 0.3) is 0 Å². The van der Waals surface area contributed by atoms with Crippen LogP contribution >= 0.6 is 7.82 Å². The highest BCUT2D eigenvalue weighted by Crippen LogP contribution is 2.43. The topological polar surface area (TPSA) is 134 Å². The van der Waals surface area contributed by atoms with Crippen LogP contribution in [0.4, 0.5) is 0 Å². The van der Waals surface area contributed by atoms with E-state index in [2.05, 4.69) is 74.6 Å². The predicted octanol–water partition coefficient (Wildman–Crippen LogP) is 19.5. The van der Waals surface area contributed by atoms with Crippen LogP contribution < -0.4 is 5.73 Å². The third-order valence-electron chi connectivity index (χ3n) is 13.4. The van der Waals surface area contributed by atoms with Crippen molar-refractivity contribution in [2.75, 3.05) is 26.4 Å². The first kappa shape index (κ1) is 70.7. The number of carbonyl (C=O) groups is 2. The molecule has 0 bridgehead atoms. The lowest BCUT2D eigenvalue weighted by Crippen LogP contribution is -2.29. The zero-order chi connectivity index (χ0) is 53.1. The SMILES string of the molecule is CCCCCCC/C=C\C/C=C\C/C=C\CCCCCCCCCCCCC(=O)OC(COC(=O)CCCCCCCCCCCCCCCCC/C=C\C/C=C\CCCCCCC)COP(=O)(O)OCCN. The van der Waals surface area contributed by atoms with Gasteiger partial charge in [-0.15, -0.1) is 0 Å². The molecule has 0 aliphatic carbocycles. The number of nitrogens with two attached hydrogens (primary N) is 1. The normalized spacial score (nSPS) is 13.4. The zero-order valence-corrected chi connectivity index (χ0v) is 48.5. The van der Waals surface area contributed by atoms with Crippen molar-refractivity contribution >= 4 is 19.8 Å². The molecule has 0 heterocycles.